The van der Waals surface area contributed by atoms with E-state index in [-0.39, 0.29) is 5.75 Å². The van der Waals surface area contributed by atoms with Crippen LogP contribution in [0.4, 0.5) is 5.95 Å². The summed E-state index contributed by atoms with van der Waals surface area (Å²) in [5, 5.41) is 15.9. The number of rotatable bonds is 6. The van der Waals surface area contributed by atoms with Crippen LogP contribution in [0.3, 0.4) is 0 Å². The average molecular weight is 623 g/mol. The molecule has 34 heavy (non-hydrogen) atoms. The van der Waals surface area contributed by atoms with E-state index in [4.69, 9.17) is 27.9 Å². The summed E-state index contributed by atoms with van der Waals surface area (Å²) < 4.78 is 8.10. The highest BCUT2D eigenvalue weighted by molar-refractivity contribution is 9.11. The number of hydrogen-bond acceptors (Lipinski definition) is 5. The number of aliphatic imine (C=N–C) groups is 1. The van der Waals surface area contributed by atoms with E-state index in [1.807, 2.05) is 24.3 Å². The fraction of sp³-hybridized carbons (Fsp3) is 0.0417. The maximum absolute atomic E-state index is 10.4. The highest BCUT2D eigenvalue weighted by Crippen LogP contribution is 2.31. The van der Waals surface area contributed by atoms with Gasteiger partial charge in [0.25, 0.3) is 5.95 Å². The zero-order chi connectivity index (χ0) is 24.2. The van der Waals surface area contributed by atoms with Crippen LogP contribution in [0.5, 0.6) is 11.5 Å². The summed E-state index contributed by atoms with van der Waals surface area (Å²) >= 11 is 19.0. The zero-order valence-corrected chi connectivity index (χ0v) is 22.3. The first-order valence-corrected chi connectivity index (χ1v) is 12.1. The lowest BCUT2D eigenvalue weighted by Gasteiger charge is -2.03. The topological polar surface area (TPSA) is 72.0 Å². The van der Waals surface area contributed by atoms with Gasteiger partial charge in [-0.3, -0.25) is 0 Å². The number of nitrogens with zero attached hydrogens (tertiary/aromatic N) is 4. The molecule has 0 spiro atoms. The summed E-state index contributed by atoms with van der Waals surface area (Å²) in [6, 6.07) is 16.2. The third-order valence-electron chi connectivity index (χ3n) is 4.72. The Kier molecular flexibility index (Phi) is 7.73. The van der Waals surface area contributed by atoms with Gasteiger partial charge in [0.2, 0.25) is 0 Å². The van der Waals surface area contributed by atoms with Crippen molar-refractivity contribution in [3.05, 3.63) is 90.9 Å². The van der Waals surface area contributed by atoms with Crippen LogP contribution >= 0.6 is 55.1 Å². The van der Waals surface area contributed by atoms with E-state index in [0.717, 1.165) is 15.8 Å². The molecule has 0 radical (unpaired) electrons. The standard InChI is InChI=1S/C24H16Br2Cl2N4O2/c1-34-19-6-3-14(4-7-19)22-13-32(30-12-15-2-5-18(27)10-21(15)28)24(31-22)29-11-16-8-17(25)9-20(26)23(16)33/h2-13,33H,1H3/b29-11?,30-12-. The van der Waals surface area contributed by atoms with Gasteiger partial charge in [-0.25, -0.2) is 14.7 Å². The van der Waals surface area contributed by atoms with Crippen molar-refractivity contribution in [1.29, 1.82) is 0 Å². The third kappa shape index (κ3) is 5.70. The highest BCUT2D eigenvalue weighted by Gasteiger charge is 2.11. The van der Waals surface area contributed by atoms with Crippen molar-refractivity contribution < 1.29 is 9.84 Å². The normalized spacial score (nSPS) is 11.6. The summed E-state index contributed by atoms with van der Waals surface area (Å²) in [6.07, 6.45) is 4.88. The van der Waals surface area contributed by atoms with Crippen molar-refractivity contribution in [3.63, 3.8) is 0 Å². The molecule has 0 aliphatic heterocycles. The van der Waals surface area contributed by atoms with E-state index < -0.39 is 0 Å². The fourth-order valence-electron chi connectivity index (χ4n) is 2.98. The van der Waals surface area contributed by atoms with E-state index >= 15 is 0 Å². The second-order valence-corrected chi connectivity index (χ2v) is 9.61. The molecule has 3 aromatic carbocycles. The summed E-state index contributed by atoms with van der Waals surface area (Å²) in [7, 11) is 1.61. The number of hydrogen-bond donors (Lipinski definition) is 1. The van der Waals surface area contributed by atoms with E-state index in [2.05, 4.69) is 46.9 Å². The Bertz CT molecular complexity index is 1400. The minimum Gasteiger partial charge on any atom is -0.506 e. The summed E-state index contributed by atoms with van der Waals surface area (Å²) in [5.74, 6) is 1.12. The zero-order valence-electron chi connectivity index (χ0n) is 17.6. The van der Waals surface area contributed by atoms with Crippen molar-refractivity contribution in [1.82, 2.24) is 9.66 Å². The van der Waals surface area contributed by atoms with Crippen LogP contribution < -0.4 is 4.74 Å². The Labute approximate surface area is 222 Å². The van der Waals surface area contributed by atoms with Gasteiger partial charge < -0.3 is 9.84 Å². The van der Waals surface area contributed by atoms with Crippen LogP contribution in [0.2, 0.25) is 10.0 Å². The Morgan fingerprint density at radius 2 is 1.76 bits per heavy atom. The van der Waals surface area contributed by atoms with Crippen LogP contribution in [-0.4, -0.2) is 34.3 Å². The SMILES string of the molecule is COc1ccc(-c2cn(/N=C\c3ccc(Cl)cc3Cl)c(N=Cc3cc(Br)cc(Br)c3O)n2)cc1. The first-order valence-electron chi connectivity index (χ1n) is 9.79. The van der Waals surface area contributed by atoms with Crippen LogP contribution in [0, 0.1) is 0 Å². The molecule has 1 aromatic heterocycles. The molecule has 1 N–H and O–H groups in total. The van der Waals surface area contributed by atoms with Gasteiger partial charge in [0.1, 0.15) is 11.5 Å². The Balaban J connectivity index is 1.75. The molecule has 0 saturated carbocycles. The van der Waals surface area contributed by atoms with Gasteiger partial charge in [-0.2, -0.15) is 5.10 Å². The van der Waals surface area contributed by atoms with Crippen LogP contribution in [-0.2, 0) is 0 Å². The minimum atomic E-state index is 0.0666. The van der Waals surface area contributed by atoms with E-state index in [0.29, 0.717) is 37.3 Å². The van der Waals surface area contributed by atoms with Crippen molar-refractivity contribution in [2.24, 2.45) is 10.1 Å². The number of phenols is 1. The number of imidazole rings is 1. The number of benzene rings is 3. The molecule has 10 heteroatoms. The lowest BCUT2D eigenvalue weighted by molar-refractivity contribution is 0.415. The first kappa shape index (κ1) is 24.5. The Morgan fingerprint density at radius 3 is 2.47 bits per heavy atom. The highest BCUT2D eigenvalue weighted by atomic mass is 79.9. The molecule has 0 amide bonds. The molecule has 1 heterocycles. The van der Waals surface area contributed by atoms with Crippen molar-refractivity contribution >= 4 is 73.4 Å². The first-order chi connectivity index (χ1) is 16.3. The monoisotopic (exact) mass is 620 g/mol. The van der Waals surface area contributed by atoms with E-state index in [9.17, 15) is 5.11 Å². The van der Waals surface area contributed by atoms with E-state index in [1.54, 1.807) is 49.9 Å². The molecule has 172 valence electrons. The molecule has 0 bridgehead atoms. The molecule has 6 nitrogen and oxygen atoms in total. The number of aromatic nitrogens is 2. The summed E-state index contributed by atoms with van der Waals surface area (Å²) in [4.78, 5) is 9.11. The number of halogens is 4. The number of aromatic hydroxyl groups is 1. The molecule has 0 fully saturated rings. The molecule has 0 aliphatic rings. The van der Waals surface area contributed by atoms with Gasteiger partial charge in [-0.05, 0) is 64.5 Å². The lowest BCUT2D eigenvalue weighted by Crippen LogP contribution is -1.91. The van der Waals surface area contributed by atoms with Crippen molar-refractivity contribution in [3.8, 4) is 22.8 Å². The molecular weight excluding hydrogens is 607 g/mol. The lowest BCUT2D eigenvalue weighted by atomic mass is 10.2. The molecule has 0 atom stereocenters. The fourth-order valence-corrected chi connectivity index (χ4v) is 4.69. The molecular formula is C24H16Br2Cl2N4O2. The molecule has 0 unspecified atom stereocenters. The molecule has 0 saturated heterocycles. The van der Waals surface area contributed by atoms with Crippen molar-refractivity contribution in [2.75, 3.05) is 7.11 Å². The van der Waals surface area contributed by atoms with Gasteiger partial charge >= 0.3 is 0 Å². The smallest absolute Gasteiger partial charge is 0.251 e. The molecule has 0 aliphatic carbocycles. The largest absolute Gasteiger partial charge is 0.506 e. The quantitative estimate of drug-likeness (QED) is 0.224. The van der Waals surface area contributed by atoms with Gasteiger partial charge in [0.15, 0.2) is 0 Å². The third-order valence-corrected chi connectivity index (χ3v) is 6.34. The second-order valence-electron chi connectivity index (χ2n) is 6.99. The maximum Gasteiger partial charge on any atom is 0.251 e. The van der Waals surface area contributed by atoms with Gasteiger partial charge in [-0.15, -0.1) is 0 Å². The van der Waals surface area contributed by atoms with Gasteiger partial charge in [0.05, 0.1) is 34.7 Å². The minimum absolute atomic E-state index is 0.0666. The van der Waals surface area contributed by atoms with Crippen molar-refractivity contribution in [2.45, 2.75) is 0 Å². The number of methoxy groups -OCH3 is 1. The summed E-state index contributed by atoms with van der Waals surface area (Å²) in [5.41, 5.74) is 2.72. The Morgan fingerprint density at radius 1 is 1.00 bits per heavy atom. The predicted octanol–water partition coefficient (Wildman–Crippen LogP) is 7.73. The van der Waals surface area contributed by atoms with Gasteiger partial charge in [-0.1, -0.05) is 45.2 Å². The van der Waals surface area contributed by atoms with Crippen LogP contribution in [0.25, 0.3) is 11.3 Å². The number of phenolic OH excluding ortho intramolecular Hbond substituents is 1. The Hall–Kier alpha value is -2.65. The average Bonchev–Trinajstić information content (AvgIpc) is 3.23. The van der Waals surface area contributed by atoms with Crippen LogP contribution in [0.1, 0.15) is 11.1 Å². The molecule has 4 aromatic rings. The van der Waals surface area contributed by atoms with E-state index in [1.165, 1.54) is 10.9 Å². The van der Waals surface area contributed by atoms with Crippen LogP contribution in [0.15, 0.2) is 79.8 Å². The summed E-state index contributed by atoms with van der Waals surface area (Å²) in [6.45, 7) is 0. The molecule has 4 rings (SSSR count). The van der Waals surface area contributed by atoms with Gasteiger partial charge in [0, 0.05) is 32.4 Å². The predicted molar refractivity (Wildman–Crippen MR) is 144 cm³/mol. The second kappa shape index (κ2) is 10.7. The maximum atomic E-state index is 10.4. The number of ether oxygens (including phenoxy) is 1.